The number of aliphatic hydroxyl groups is 1. The number of rotatable bonds is 9. The first-order valence-electron chi connectivity index (χ1n) is 9.72. The zero-order chi connectivity index (χ0) is 20.6. The molecule has 4 nitrogen and oxygen atoms in total. The van der Waals surface area contributed by atoms with Crippen molar-refractivity contribution in [2.75, 3.05) is 6.61 Å². The fourth-order valence-corrected chi connectivity index (χ4v) is 2.97. The minimum Gasteiger partial charge on any atom is -0.486 e. The first-order valence-corrected chi connectivity index (χ1v) is 9.72. The minimum atomic E-state index is -0.406. The van der Waals surface area contributed by atoms with E-state index < -0.39 is 5.82 Å². The van der Waals surface area contributed by atoms with Gasteiger partial charge in [0.15, 0.2) is 17.4 Å². The normalized spacial score (nSPS) is 12.4. The predicted octanol–water partition coefficient (Wildman–Crippen LogP) is 5.57. The van der Waals surface area contributed by atoms with Crippen molar-refractivity contribution in [2.24, 2.45) is 0 Å². The number of nitrogens with zero attached hydrogens (tertiary/aromatic N) is 2. The summed E-state index contributed by atoms with van der Waals surface area (Å²) >= 11 is 0. The van der Waals surface area contributed by atoms with E-state index in [1.807, 2.05) is 36.4 Å². The number of allylic oxidation sites excluding steroid dienone is 1. The maximum Gasteiger partial charge on any atom is 0.165 e. The van der Waals surface area contributed by atoms with Crippen LogP contribution in [0.2, 0.25) is 0 Å². The van der Waals surface area contributed by atoms with Gasteiger partial charge >= 0.3 is 0 Å². The highest BCUT2D eigenvalue weighted by molar-refractivity contribution is 5.84. The van der Waals surface area contributed by atoms with Crippen LogP contribution in [0, 0.1) is 5.82 Å². The zero-order valence-electron chi connectivity index (χ0n) is 16.5. The Morgan fingerprint density at radius 2 is 2.00 bits per heavy atom. The standard InChI is InChI=1S/C24H25FN2O2/c1-3-13-29-23-12-10-19(15-21(23)25)18-9-11-22-20(14-18)16-26-24(27-22)8-6-4-5-7-17(2)28/h3,6,8-12,14-17,28H,1,4-5,7,13H2,2H3/b8-6+. The predicted molar refractivity (Wildman–Crippen MR) is 115 cm³/mol. The number of unbranched alkanes of at least 4 members (excludes halogenated alkanes) is 1. The van der Waals surface area contributed by atoms with Crippen molar-refractivity contribution in [3.8, 4) is 16.9 Å². The number of hydrogen-bond donors (Lipinski definition) is 1. The number of benzene rings is 2. The fourth-order valence-electron chi connectivity index (χ4n) is 2.97. The van der Waals surface area contributed by atoms with Gasteiger partial charge in [-0.15, -0.1) is 0 Å². The van der Waals surface area contributed by atoms with Gasteiger partial charge in [0.25, 0.3) is 0 Å². The van der Waals surface area contributed by atoms with Crippen LogP contribution in [-0.4, -0.2) is 27.8 Å². The molecular weight excluding hydrogens is 367 g/mol. The van der Waals surface area contributed by atoms with Crippen molar-refractivity contribution in [3.05, 3.63) is 73.0 Å². The van der Waals surface area contributed by atoms with Crippen LogP contribution in [0.25, 0.3) is 28.1 Å². The van der Waals surface area contributed by atoms with E-state index in [-0.39, 0.29) is 18.5 Å². The monoisotopic (exact) mass is 392 g/mol. The third-order valence-corrected chi connectivity index (χ3v) is 4.48. The lowest BCUT2D eigenvalue weighted by atomic mass is 10.0. The van der Waals surface area contributed by atoms with E-state index in [9.17, 15) is 9.50 Å². The molecule has 2 aromatic carbocycles. The van der Waals surface area contributed by atoms with Crippen molar-refractivity contribution in [2.45, 2.75) is 32.3 Å². The van der Waals surface area contributed by atoms with Crippen LogP contribution in [-0.2, 0) is 0 Å². The second-order valence-corrected chi connectivity index (χ2v) is 6.93. The largest absolute Gasteiger partial charge is 0.486 e. The summed E-state index contributed by atoms with van der Waals surface area (Å²) in [6.45, 7) is 5.62. The van der Waals surface area contributed by atoms with E-state index in [0.29, 0.717) is 5.82 Å². The van der Waals surface area contributed by atoms with Gasteiger partial charge in [0.1, 0.15) is 6.61 Å². The van der Waals surface area contributed by atoms with Crippen LogP contribution in [0.3, 0.4) is 0 Å². The summed E-state index contributed by atoms with van der Waals surface area (Å²) in [7, 11) is 0. The number of aliphatic hydroxyl groups excluding tert-OH is 1. The lowest BCUT2D eigenvalue weighted by molar-refractivity contribution is 0.182. The van der Waals surface area contributed by atoms with E-state index in [1.165, 1.54) is 6.07 Å². The van der Waals surface area contributed by atoms with Crippen molar-refractivity contribution in [3.63, 3.8) is 0 Å². The molecule has 1 atom stereocenters. The van der Waals surface area contributed by atoms with Crippen LogP contribution >= 0.6 is 0 Å². The molecule has 0 aliphatic rings. The molecule has 3 rings (SSSR count). The van der Waals surface area contributed by atoms with Crippen molar-refractivity contribution in [1.29, 1.82) is 0 Å². The van der Waals surface area contributed by atoms with Gasteiger partial charge in [0.2, 0.25) is 0 Å². The highest BCUT2D eigenvalue weighted by atomic mass is 19.1. The smallest absolute Gasteiger partial charge is 0.165 e. The Morgan fingerprint density at radius 1 is 1.21 bits per heavy atom. The van der Waals surface area contributed by atoms with Crippen LogP contribution < -0.4 is 4.74 Å². The highest BCUT2D eigenvalue weighted by Gasteiger charge is 2.07. The first-order chi connectivity index (χ1) is 14.1. The summed E-state index contributed by atoms with van der Waals surface area (Å²) in [6.07, 6.45) is 9.60. The average molecular weight is 392 g/mol. The second-order valence-electron chi connectivity index (χ2n) is 6.93. The van der Waals surface area contributed by atoms with Crippen molar-refractivity contribution in [1.82, 2.24) is 9.97 Å². The number of ether oxygens (including phenoxy) is 1. The van der Waals surface area contributed by atoms with Crippen LogP contribution in [0.1, 0.15) is 32.0 Å². The summed E-state index contributed by atoms with van der Waals surface area (Å²) in [6, 6.07) is 10.7. The molecule has 0 saturated carbocycles. The van der Waals surface area contributed by atoms with Gasteiger partial charge in [0.05, 0.1) is 11.6 Å². The SMILES string of the molecule is C=CCOc1ccc(-c2ccc3nc(/C=C/CCCC(C)O)ncc3c2)cc1F. The second kappa shape index (κ2) is 9.94. The first kappa shape index (κ1) is 20.7. The number of hydrogen-bond acceptors (Lipinski definition) is 4. The Morgan fingerprint density at radius 3 is 2.76 bits per heavy atom. The van der Waals surface area contributed by atoms with Gasteiger partial charge in [-0.3, -0.25) is 0 Å². The maximum atomic E-state index is 14.2. The van der Waals surface area contributed by atoms with E-state index in [1.54, 1.807) is 25.3 Å². The molecule has 0 amide bonds. The van der Waals surface area contributed by atoms with E-state index >= 15 is 0 Å². The van der Waals surface area contributed by atoms with Gasteiger partial charge in [-0.1, -0.05) is 30.9 Å². The topological polar surface area (TPSA) is 55.2 Å². The van der Waals surface area contributed by atoms with Gasteiger partial charge in [-0.25, -0.2) is 14.4 Å². The third kappa shape index (κ3) is 5.72. The molecule has 1 unspecified atom stereocenters. The molecule has 3 aromatic rings. The molecule has 1 N–H and O–H groups in total. The summed E-state index contributed by atoms with van der Waals surface area (Å²) in [5.41, 5.74) is 2.48. The molecule has 1 heterocycles. The molecule has 0 radical (unpaired) electrons. The average Bonchev–Trinajstić information content (AvgIpc) is 2.72. The fraction of sp³-hybridized carbons (Fsp3) is 0.250. The van der Waals surface area contributed by atoms with Gasteiger partial charge in [-0.05, 0) is 67.7 Å². The minimum absolute atomic E-state index is 0.211. The number of aromatic nitrogens is 2. The van der Waals surface area contributed by atoms with Gasteiger partial charge in [-0.2, -0.15) is 0 Å². The maximum absolute atomic E-state index is 14.2. The summed E-state index contributed by atoms with van der Waals surface area (Å²) < 4.78 is 19.5. The Kier molecular flexibility index (Phi) is 7.09. The van der Waals surface area contributed by atoms with E-state index in [0.717, 1.165) is 41.3 Å². The Bertz CT molecular complexity index is 1010. The quantitative estimate of drug-likeness (QED) is 0.382. The molecule has 1 aromatic heterocycles. The lowest BCUT2D eigenvalue weighted by Crippen LogP contribution is -1.97. The molecule has 0 aliphatic heterocycles. The van der Waals surface area contributed by atoms with Gasteiger partial charge < -0.3 is 9.84 Å². The zero-order valence-corrected chi connectivity index (χ0v) is 16.5. The Labute approximate surface area is 170 Å². The third-order valence-electron chi connectivity index (χ3n) is 4.48. The molecule has 150 valence electrons. The molecule has 0 saturated heterocycles. The molecule has 0 spiro atoms. The highest BCUT2D eigenvalue weighted by Crippen LogP contribution is 2.28. The Balaban J connectivity index is 1.74. The van der Waals surface area contributed by atoms with Crippen LogP contribution in [0.4, 0.5) is 4.39 Å². The van der Waals surface area contributed by atoms with Gasteiger partial charge in [0, 0.05) is 11.6 Å². The summed E-state index contributed by atoms with van der Waals surface area (Å²) in [5, 5.41) is 10.2. The van der Waals surface area contributed by atoms with Crippen molar-refractivity contribution >= 4 is 17.0 Å². The van der Waals surface area contributed by atoms with Crippen molar-refractivity contribution < 1.29 is 14.2 Å². The Hall–Kier alpha value is -3.05. The molecule has 0 bridgehead atoms. The summed E-state index contributed by atoms with van der Waals surface area (Å²) in [5.74, 6) is 0.455. The van der Waals surface area contributed by atoms with Crippen LogP contribution in [0.5, 0.6) is 5.75 Å². The van der Waals surface area contributed by atoms with Crippen LogP contribution in [0.15, 0.2) is 61.3 Å². The lowest BCUT2D eigenvalue weighted by Gasteiger charge is -2.08. The van der Waals surface area contributed by atoms with E-state index in [4.69, 9.17) is 4.74 Å². The molecule has 5 heteroatoms. The molecule has 29 heavy (non-hydrogen) atoms. The molecule has 0 fully saturated rings. The molecular formula is C24H25FN2O2. The summed E-state index contributed by atoms with van der Waals surface area (Å²) in [4.78, 5) is 8.95. The van der Waals surface area contributed by atoms with E-state index in [2.05, 4.69) is 16.5 Å². The molecule has 0 aliphatic carbocycles. The number of fused-ring (bicyclic) bond motifs is 1. The number of halogens is 1.